The van der Waals surface area contributed by atoms with Crippen molar-refractivity contribution < 1.29 is 0 Å². The van der Waals surface area contributed by atoms with Gasteiger partial charge in [-0.15, -0.1) is 0 Å². The van der Waals surface area contributed by atoms with E-state index in [1.165, 1.54) is 52.2 Å². The van der Waals surface area contributed by atoms with Crippen molar-refractivity contribution in [1.29, 1.82) is 0 Å². The molecule has 0 spiro atoms. The van der Waals surface area contributed by atoms with Gasteiger partial charge in [0, 0.05) is 43.3 Å². The van der Waals surface area contributed by atoms with Crippen molar-refractivity contribution in [3.8, 4) is 0 Å². The molecule has 1 aromatic carbocycles. The summed E-state index contributed by atoms with van der Waals surface area (Å²) in [5.41, 5.74) is 11.0. The minimum absolute atomic E-state index is 0.983. The van der Waals surface area contributed by atoms with Crippen LogP contribution in [0.5, 0.6) is 0 Å². The number of hydrogen-bond donors (Lipinski definition) is 0. The van der Waals surface area contributed by atoms with Gasteiger partial charge in [0.15, 0.2) is 0 Å². The first-order valence-corrected chi connectivity index (χ1v) is 10.4. The lowest BCUT2D eigenvalue weighted by Gasteiger charge is -2.29. The molecular formula is C26H34N2. The Morgan fingerprint density at radius 1 is 1.18 bits per heavy atom. The molecule has 0 heterocycles. The van der Waals surface area contributed by atoms with Gasteiger partial charge in [-0.05, 0) is 86.9 Å². The fourth-order valence-electron chi connectivity index (χ4n) is 3.99. The third kappa shape index (κ3) is 4.16. The van der Waals surface area contributed by atoms with Gasteiger partial charge in [-0.1, -0.05) is 30.9 Å². The smallest absolute Gasteiger partial charge is 0.0441 e. The summed E-state index contributed by atoms with van der Waals surface area (Å²) in [7, 11) is 4.39. The van der Waals surface area contributed by atoms with E-state index in [4.69, 9.17) is 0 Å². The Labute approximate surface area is 171 Å². The molecule has 0 N–H and O–H groups in total. The third-order valence-electron chi connectivity index (χ3n) is 5.91. The van der Waals surface area contributed by atoms with Crippen molar-refractivity contribution in [3.63, 3.8) is 0 Å². The highest BCUT2D eigenvalue weighted by Gasteiger charge is 2.26. The van der Waals surface area contributed by atoms with Crippen LogP contribution in [0, 0.1) is 0 Å². The number of nitrogens with zero attached hydrogens (tertiary/aromatic N) is 2. The molecule has 148 valence electrons. The monoisotopic (exact) mass is 374 g/mol. The highest BCUT2D eigenvalue weighted by Crippen LogP contribution is 2.42. The Morgan fingerprint density at radius 3 is 2.54 bits per heavy atom. The molecule has 2 aliphatic carbocycles. The van der Waals surface area contributed by atoms with Gasteiger partial charge in [-0.25, -0.2) is 0 Å². The second kappa shape index (κ2) is 8.68. The van der Waals surface area contributed by atoms with Crippen LogP contribution in [0.2, 0.25) is 0 Å². The van der Waals surface area contributed by atoms with Gasteiger partial charge >= 0.3 is 0 Å². The quantitative estimate of drug-likeness (QED) is 0.480. The molecule has 0 saturated heterocycles. The maximum atomic E-state index is 3.89. The zero-order valence-electron chi connectivity index (χ0n) is 18.2. The highest BCUT2D eigenvalue weighted by atomic mass is 15.1. The Balaban J connectivity index is 2.06. The van der Waals surface area contributed by atoms with Crippen LogP contribution in [0.4, 0.5) is 11.4 Å². The van der Waals surface area contributed by atoms with Crippen LogP contribution in [-0.4, -0.2) is 20.6 Å². The second-order valence-corrected chi connectivity index (χ2v) is 7.91. The van der Waals surface area contributed by atoms with Gasteiger partial charge in [0.2, 0.25) is 0 Å². The standard InChI is InChI=1S/C26H34N2/c1-7-11-19(3)24-18-22(16-17-25(24)27(5)8-2)28(6)26(21-14-15-21)23-13-10-9-12-20(23)4/h7,9,11-12,16-18H,1,8,10,13-15H2,2-6H3/b19-11-. The molecule has 1 saturated carbocycles. The Hall–Kier alpha value is -2.48. The molecule has 0 radical (unpaired) electrons. The molecular weight excluding hydrogens is 340 g/mol. The molecule has 0 aliphatic heterocycles. The number of allylic oxidation sites excluding steroid dienone is 8. The maximum absolute atomic E-state index is 3.89. The van der Waals surface area contributed by atoms with E-state index in [2.05, 4.69) is 87.7 Å². The van der Waals surface area contributed by atoms with Crippen molar-refractivity contribution in [1.82, 2.24) is 0 Å². The first kappa shape index (κ1) is 20.3. The minimum atomic E-state index is 0.983. The van der Waals surface area contributed by atoms with Crippen molar-refractivity contribution in [2.75, 3.05) is 30.4 Å². The van der Waals surface area contributed by atoms with Crippen LogP contribution >= 0.6 is 0 Å². The van der Waals surface area contributed by atoms with E-state index < -0.39 is 0 Å². The van der Waals surface area contributed by atoms with Gasteiger partial charge in [0.1, 0.15) is 0 Å². The number of rotatable bonds is 7. The molecule has 0 atom stereocenters. The van der Waals surface area contributed by atoms with Gasteiger partial charge < -0.3 is 9.80 Å². The van der Waals surface area contributed by atoms with Crippen LogP contribution in [0.25, 0.3) is 5.57 Å². The predicted octanol–water partition coefficient (Wildman–Crippen LogP) is 6.88. The lowest BCUT2D eigenvalue weighted by Crippen LogP contribution is -2.21. The second-order valence-electron chi connectivity index (χ2n) is 7.91. The first-order chi connectivity index (χ1) is 13.5. The first-order valence-electron chi connectivity index (χ1n) is 10.4. The minimum Gasteiger partial charge on any atom is -0.374 e. The van der Waals surface area contributed by atoms with E-state index >= 15 is 0 Å². The fourth-order valence-corrected chi connectivity index (χ4v) is 3.99. The largest absolute Gasteiger partial charge is 0.374 e. The number of likely N-dealkylation sites (N-methyl/N-ethyl adjacent to an activating group) is 1. The summed E-state index contributed by atoms with van der Waals surface area (Å²) in [6.45, 7) is 11.5. The Morgan fingerprint density at radius 2 is 1.93 bits per heavy atom. The SMILES string of the molecule is C=C/C=C(/C)c1cc(N(C)C(=C2CC2)C2=C(C)C=CCC2)ccc1N(C)CC. The average molecular weight is 375 g/mol. The van der Waals surface area contributed by atoms with Crippen LogP contribution < -0.4 is 9.80 Å². The highest BCUT2D eigenvalue weighted by molar-refractivity contribution is 5.80. The number of hydrogen-bond acceptors (Lipinski definition) is 2. The molecule has 28 heavy (non-hydrogen) atoms. The van der Waals surface area contributed by atoms with Crippen LogP contribution in [-0.2, 0) is 0 Å². The number of anilines is 2. The lowest BCUT2D eigenvalue weighted by molar-refractivity contribution is 0.915. The molecule has 2 heteroatoms. The zero-order valence-corrected chi connectivity index (χ0v) is 18.2. The van der Waals surface area contributed by atoms with E-state index in [-0.39, 0.29) is 0 Å². The molecule has 0 amide bonds. The summed E-state index contributed by atoms with van der Waals surface area (Å²) in [6.07, 6.45) is 13.3. The summed E-state index contributed by atoms with van der Waals surface area (Å²) < 4.78 is 0. The van der Waals surface area contributed by atoms with E-state index in [9.17, 15) is 0 Å². The van der Waals surface area contributed by atoms with Crippen LogP contribution in [0.15, 0.2) is 71.5 Å². The summed E-state index contributed by atoms with van der Waals surface area (Å²) in [5.74, 6) is 0. The molecule has 2 nitrogen and oxygen atoms in total. The molecule has 0 bridgehead atoms. The van der Waals surface area contributed by atoms with Gasteiger partial charge in [-0.2, -0.15) is 0 Å². The molecule has 3 rings (SSSR count). The van der Waals surface area contributed by atoms with Crippen LogP contribution in [0.1, 0.15) is 52.0 Å². The Bertz CT molecular complexity index is 874. The van der Waals surface area contributed by atoms with Crippen molar-refractivity contribution in [2.24, 2.45) is 0 Å². The zero-order chi connectivity index (χ0) is 20.3. The summed E-state index contributed by atoms with van der Waals surface area (Å²) >= 11 is 0. The van der Waals surface area contributed by atoms with Crippen molar-refractivity contribution >= 4 is 16.9 Å². The Kier molecular flexibility index (Phi) is 6.28. The third-order valence-corrected chi connectivity index (χ3v) is 5.91. The van der Waals surface area contributed by atoms with E-state index in [1.54, 1.807) is 5.57 Å². The average Bonchev–Trinajstić information content (AvgIpc) is 3.53. The van der Waals surface area contributed by atoms with Gasteiger partial charge in [-0.3, -0.25) is 0 Å². The summed E-state index contributed by atoms with van der Waals surface area (Å²) in [5, 5.41) is 0. The van der Waals surface area contributed by atoms with Crippen molar-refractivity contribution in [3.05, 3.63) is 77.1 Å². The van der Waals surface area contributed by atoms with Crippen molar-refractivity contribution in [2.45, 2.75) is 46.5 Å². The lowest BCUT2D eigenvalue weighted by atomic mass is 9.94. The topological polar surface area (TPSA) is 6.48 Å². The summed E-state index contributed by atoms with van der Waals surface area (Å²) in [6, 6.07) is 6.88. The molecule has 1 aromatic rings. The van der Waals surface area contributed by atoms with E-state index in [0.717, 1.165) is 19.4 Å². The fraction of sp³-hybridized carbons (Fsp3) is 0.385. The maximum Gasteiger partial charge on any atom is 0.0441 e. The molecule has 2 aliphatic rings. The number of benzene rings is 1. The van der Waals surface area contributed by atoms with Gasteiger partial charge in [0.05, 0.1) is 0 Å². The molecule has 1 fully saturated rings. The van der Waals surface area contributed by atoms with E-state index in [1.807, 2.05) is 6.08 Å². The van der Waals surface area contributed by atoms with E-state index in [0.29, 0.717) is 0 Å². The van der Waals surface area contributed by atoms with Crippen LogP contribution in [0.3, 0.4) is 0 Å². The summed E-state index contributed by atoms with van der Waals surface area (Å²) in [4.78, 5) is 4.72. The predicted molar refractivity (Wildman–Crippen MR) is 125 cm³/mol. The molecule has 0 aromatic heterocycles. The van der Waals surface area contributed by atoms with Gasteiger partial charge in [0.25, 0.3) is 0 Å². The molecule has 0 unspecified atom stereocenters. The normalized spacial score (nSPS) is 16.3.